The van der Waals surface area contributed by atoms with Crippen molar-refractivity contribution in [3.8, 4) is 11.8 Å². The number of hydrogen-bond donors (Lipinski definition) is 4. The summed E-state index contributed by atoms with van der Waals surface area (Å²) in [6.07, 6.45) is -2.30. The van der Waals surface area contributed by atoms with Crippen LogP contribution in [0.4, 0.5) is 20.2 Å². The first-order valence-corrected chi connectivity index (χ1v) is 16.6. The third-order valence-corrected chi connectivity index (χ3v) is 7.62. The lowest BCUT2D eigenvalue weighted by Gasteiger charge is -2.17. The van der Waals surface area contributed by atoms with E-state index in [-0.39, 0.29) is 40.1 Å². The molecule has 0 amide bonds. The number of carbonyl (C=O) groups excluding carboxylic acids is 1. The Hall–Kier alpha value is -4.96. The van der Waals surface area contributed by atoms with Crippen LogP contribution < -0.4 is 20.9 Å². The van der Waals surface area contributed by atoms with Crippen molar-refractivity contribution in [3.05, 3.63) is 104 Å². The van der Waals surface area contributed by atoms with Gasteiger partial charge < -0.3 is 36.1 Å². The Morgan fingerprint density at radius 3 is 1.45 bits per heavy atom. The fraction of sp³-hybridized carbons (Fsp3) is 0.235. The number of ether oxygens (including phenoxy) is 2. The van der Waals surface area contributed by atoms with Gasteiger partial charge in [-0.1, -0.05) is 117 Å². The average Bonchev–Trinajstić information content (AvgIpc) is 3.13. The topological polar surface area (TPSA) is 205 Å². The Morgan fingerprint density at radius 1 is 0.717 bits per heavy atom. The number of nitrogens with two attached hydrogens (primary N) is 2. The van der Waals surface area contributed by atoms with E-state index in [1.165, 1.54) is 0 Å². The van der Waals surface area contributed by atoms with Gasteiger partial charge in [-0.3, -0.25) is 0 Å². The molecule has 13 nitrogen and oxygen atoms in total. The molecule has 284 valence electrons. The standard InChI is InChI=1S/C17H16Cl2FN3O3.C14H11Cl2FN2O3.C3H7NO/c1-9(2)23-26-17(24)11(8-10-6-4-3-5-7-10)25-16-13(19)14(21)12(18)15(20)22-16;15-9-11(18)10(16)13(19-12(9)17)22-8(14(20)21)6-7-4-2-1-3-5-7;1-3(2)4-5/h3-7,11H,8H2,1-2H3,(H2,21,22);1-5,8H,6H2,(H2,18,19)(H,20,21);5H,1-2H3. The molecule has 2 heterocycles. The van der Waals surface area contributed by atoms with Gasteiger partial charge in [0.25, 0.3) is 0 Å². The number of benzene rings is 2. The molecular weight excluding hydrogens is 784 g/mol. The Bertz CT molecular complexity index is 1920. The normalized spacial score (nSPS) is 11.3. The summed E-state index contributed by atoms with van der Waals surface area (Å²) in [6, 6.07) is 17.8. The zero-order chi connectivity index (χ0) is 39.8. The average molecular weight is 818 g/mol. The molecular formula is C34H34Cl4F2N6O7. The fourth-order valence-corrected chi connectivity index (χ4v) is 4.38. The third kappa shape index (κ3) is 14.2. The maximum Gasteiger partial charge on any atom is 0.375 e. The Labute approximate surface area is 323 Å². The van der Waals surface area contributed by atoms with Crippen LogP contribution in [0.25, 0.3) is 0 Å². The summed E-state index contributed by atoms with van der Waals surface area (Å²) in [5.74, 6) is -4.94. The Morgan fingerprint density at radius 2 is 1.09 bits per heavy atom. The number of oxime groups is 2. The van der Waals surface area contributed by atoms with E-state index in [0.717, 1.165) is 11.1 Å². The van der Waals surface area contributed by atoms with Crippen molar-refractivity contribution in [1.29, 1.82) is 0 Å². The molecule has 0 aliphatic heterocycles. The number of carboxylic acid groups (broad SMARTS) is 1. The van der Waals surface area contributed by atoms with Gasteiger partial charge in [-0.2, -0.15) is 18.7 Å². The van der Waals surface area contributed by atoms with Gasteiger partial charge in [-0.05, 0) is 38.8 Å². The summed E-state index contributed by atoms with van der Waals surface area (Å²) >= 11 is 23.1. The van der Waals surface area contributed by atoms with Crippen LogP contribution in [0.5, 0.6) is 11.8 Å². The molecule has 0 aliphatic carbocycles. The number of carboxylic acids is 1. The van der Waals surface area contributed by atoms with Crippen LogP contribution in [0.2, 0.25) is 20.1 Å². The largest absolute Gasteiger partial charge is 0.478 e. The molecule has 0 aliphatic rings. The number of halogens is 6. The van der Waals surface area contributed by atoms with Crippen LogP contribution in [-0.4, -0.2) is 55.9 Å². The molecule has 0 radical (unpaired) electrons. The molecule has 0 saturated heterocycles. The van der Waals surface area contributed by atoms with Crippen LogP contribution in [0.3, 0.4) is 0 Å². The number of nitrogen functional groups attached to an aromatic ring is 2. The lowest BCUT2D eigenvalue weighted by Crippen LogP contribution is -2.31. The van der Waals surface area contributed by atoms with Crippen molar-refractivity contribution >= 4 is 81.1 Å². The SMILES string of the molecule is CC(C)=NO.CC(C)=NOC(=O)C(Cc1ccccc1)Oc1nc(F)c(Cl)c(N)c1Cl.Nc1c(Cl)c(F)nc(OC(Cc2ccccc2)C(=O)O)c1Cl. The molecule has 2 aromatic heterocycles. The third-order valence-electron chi connectivity index (χ3n) is 6.18. The van der Waals surface area contributed by atoms with E-state index in [0.29, 0.717) is 11.4 Å². The maximum absolute atomic E-state index is 13.8. The van der Waals surface area contributed by atoms with Gasteiger partial charge in [-0.15, -0.1) is 0 Å². The first kappa shape index (κ1) is 44.2. The molecule has 0 saturated carbocycles. The van der Waals surface area contributed by atoms with Gasteiger partial charge in [0.1, 0.15) is 20.1 Å². The first-order valence-electron chi connectivity index (χ1n) is 15.1. The van der Waals surface area contributed by atoms with Crippen LogP contribution >= 0.6 is 46.4 Å². The fourth-order valence-electron chi connectivity index (χ4n) is 3.65. The number of aliphatic carboxylic acids is 1. The monoisotopic (exact) mass is 816 g/mol. The maximum atomic E-state index is 13.8. The molecule has 2 aromatic carbocycles. The molecule has 53 heavy (non-hydrogen) atoms. The number of nitrogens with zero attached hydrogens (tertiary/aromatic N) is 4. The zero-order valence-corrected chi connectivity index (χ0v) is 31.5. The van der Waals surface area contributed by atoms with Crippen molar-refractivity contribution in [1.82, 2.24) is 9.97 Å². The lowest BCUT2D eigenvalue weighted by atomic mass is 10.1. The van der Waals surface area contributed by atoms with E-state index in [1.807, 2.05) is 6.07 Å². The number of aromatic nitrogens is 2. The number of hydrogen-bond acceptors (Lipinski definition) is 12. The molecule has 0 fully saturated rings. The number of anilines is 2. The van der Waals surface area contributed by atoms with Crippen LogP contribution in [-0.2, 0) is 27.3 Å². The molecule has 19 heteroatoms. The molecule has 4 rings (SSSR count). The summed E-state index contributed by atoms with van der Waals surface area (Å²) in [5.41, 5.74) is 13.4. The molecule has 6 N–H and O–H groups in total. The minimum Gasteiger partial charge on any atom is -0.478 e. The van der Waals surface area contributed by atoms with E-state index in [1.54, 1.807) is 82.3 Å². The highest BCUT2D eigenvalue weighted by molar-refractivity contribution is 6.40. The van der Waals surface area contributed by atoms with Gasteiger partial charge in [0.2, 0.25) is 35.9 Å². The highest BCUT2D eigenvalue weighted by Gasteiger charge is 2.28. The highest BCUT2D eigenvalue weighted by atomic mass is 35.5. The summed E-state index contributed by atoms with van der Waals surface area (Å²) in [4.78, 5) is 35.4. The van der Waals surface area contributed by atoms with E-state index in [2.05, 4.69) is 20.3 Å². The predicted molar refractivity (Wildman–Crippen MR) is 199 cm³/mol. The zero-order valence-electron chi connectivity index (χ0n) is 28.5. The smallest absolute Gasteiger partial charge is 0.375 e. The van der Waals surface area contributed by atoms with Crippen molar-refractivity contribution < 1.29 is 43.0 Å². The van der Waals surface area contributed by atoms with E-state index in [4.69, 9.17) is 77.4 Å². The van der Waals surface area contributed by atoms with Crippen molar-refractivity contribution in [2.45, 2.75) is 52.7 Å². The van der Waals surface area contributed by atoms with Gasteiger partial charge in [0.15, 0.2) is 0 Å². The summed E-state index contributed by atoms with van der Waals surface area (Å²) in [6.45, 7) is 6.77. The van der Waals surface area contributed by atoms with Crippen molar-refractivity contribution in [2.24, 2.45) is 10.3 Å². The molecule has 0 spiro atoms. The highest BCUT2D eigenvalue weighted by Crippen LogP contribution is 2.37. The molecule has 4 aromatic rings. The molecule has 2 atom stereocenters. The predicted octanol–water partition coefficient (Wildman–Crippen LogP) is 8.08. The van der Waals surface area contributed by atoms with Gasteiger partial charge in [0, 0.05) is 12.8 Å². The van der Waals surface area contributed by atoms with E-state index >= 15 is 0 Å². The lowest BCUT2D eigenvalue weighted by molar-refractivity contribution is -0.152. The number of pyridine rings is 2. The van der Waals surface area contributed by atoms with Crippen molar-refractivity contribution in [3.63, 3.8) is 0 Å². The quantitative estimate of drug-likeness (QED) is 0.0374. The Balaban J connectivity index is 0.000000329. The van der Waals surface area contributed by atoms with Crippen LogP contribution in [0, 0.1) is 11.9 Å². The molecule has 2 unspecified atom stereocenters. The first-order chi connectivity index (χ1) is 25.0. The van der Waals surface area contributed by atoms with Gasteiger partial charge in [0.05, 0.1) is 22.8 Å². The van der Waals surface area contributed by atoms with Gasteiger partial charge in [-0.25, -0.2) is 9.59 Å². The molecule has 0 bridgehead atoms. The summed E-state index contributed by atoms with van der Waals surface area (Å²) < 4.78 is 37.9. The van der Waals surface area contributed by atoms with E-state index in [9.17, 15) is 23.5 Å². The van der Waals surface area contributed by atoms with E-state index < -0.39 is 52.0 Å². The minimum absolute atomic E-state index is 0.0539. The van der Waals surface area contributed by atoms with Crippen LogP contribution in [0.15, 0.2) is 71.0 Å². The number of rotatable bonds is 11. The summed E-state index contributed by atoms with van der Waals surface area (Å²) in [5, 5.41) is 22.1. The number of carbonyl (C=O) groups is 2. The van der Waals surface area contributed by atoms with Crippen LogP contribution in [0.1, 0.15) is 38.8 Å². The second kappa shape index (κ2) is 21.5. The minimum atomic E-state index is -1.30. The Kier molecular flexibility index (Phi) is 18.0. The summed E-state index contributed by atoms with van der Waals surface area (Å²) in [7, 11) is 0. The second-order valence-electron chi connectivity index (χ2n) is 10.9. The van der Waals surface area contributed by atoms with Crippen molar-refractivity contribution in [2.75, 3.05) is 11.5 Å². The van der Waals surface area contributed by atoms with Gasteiger partial charge >= 0.3 is 11.9 Å². The second-order valence-corrected chi connectivity index (χ2v) is 12.4.